The van der Waals surface area contributed by atoms with Crippen LogP contribution < -0.4 is 19.7 Å². The molecule has 180 valence electrons. The number of carbonyl (C=O) groups is 3. The zero-order valence-corrected chi connectivity index (χ0v) is 19.4. The van der Waals surface area contributed by atoms with E-state index in [4.69, 9.17) is 13.9 Å². The normalized spacial score (nSPS) is 17.2. The third-order valence-electron chi connectivity index (χ3n) is 5.85. The van der Waals surface area contributed by atoms with Gasteiger partial charge in [-0.15, -0.1) is 0 Å². The second kappa shape index (κ2) is 9.90. The Labute approximate surface area is 197 Å². The molecule has 2 aliphatic heterocycles. The van der Waals surface area contributed by atoms with Gasteiger partial charge in [0.25, 0.3) is 5.91 Å². The average molecular weight is 469 g/mol. The van der Waals surface area contributed by atoms with Crippen molar-refractivity contribution in [1.29, 1.82) is 0 Å². The van der Waals surface area contributed by atoms with Crippen LogP contribution in [0.5, 0.6) is 11.5 Å². The molecule has 10 nitrogen and oxygen atoms in total. The lowest BCUT2D eigenvalue weighted by atomic mass is 10.1. The van der Waals surface area contributed by atoms with Crippen LogP contribution in [0.2, 0.25) is 0 Å². The Morgan fingerprint density at radius 3 is 2.47 bits per heavy atom. The molecule has 1 N–H and O–H groups in total. The van der Waals surface area contributed by atoms with Crippen LogP contribution in [0.4, 0.5) is 10.5 Å². The second-order valence-electron chi connectivity index (χ2n) is 7.95. The maximum atomic E-state index is 13.0. The zero-order chi connectivity index (χ0) is 24.2. The standard InChI is InChI=1S/C24H27N3O7/c1-31-20-13-18(26-9-5-4-6-10-26)21(32-2)12-15(20)11-17-22(28)27(24(30)25-17)14-16-7-8-19(34-16)23(29)33-3/h7-8,11-13H,4-6,9-10,14H2,1-3H3,(H,25,30)/b17-11-. The number of urea groups is 1. The largest absolute Gasteiger partial charge is 0.496 e. The summed E-state index contributed by atoms with van der Waals surface area (Å²) in [6.45, 7) is 1.75. The highest BCUT2D eigenvalue weighted by Crippen LogP contribution is 2.38. The van der Waals surface area contributed by atoms with Crippen molar-refractivity contribution in [3.63, 3.8) is 0 Å². The maximum absolute atomic E-state index is 13.0. The summed E-state index contributed by atoms with van der Waals surface area (Å²) in [4.78, 5) is 40.3. The van der Waals surface area contributed by atoms with Crippen molar-refractivity contribution in [2.24, 2.45) is 0 Å². The number of benzene rings is 1. The van der Waals surface area contributed by atoms with Crippen molar-refractivity contribution < 1.29 is 33.0 Å². The van der Waals surface area contributed by atoms with Gasteiger partial charge in [-0.3, -0.25) is 9.69 Å². The summed E-state index contributed by atoms with van der Waals surface area (Å²) >= 11 is 0. The predicted molar refractivity (Wildman–Crippen MR) is 123 cm³/mol. The van der Waals surface area contributed by atoms with Crippen molar-refractivity contribution in [3.8, 4) is 11.5 Å². The molecule has 0 unspecified atom stereocenters. The lowest BCUT2D eigenvalue weighted by Crippen LogP contribution is -2.30. The van der Waals surface area contributed by atoms with E-state index in [1.165, 1.54) is 25.7 Å². The summed E-state index contributed by atoms with van der Waals surface area (Å²) in [6.07, 6.45) is 5.00. The van der Waals surface area contributed by atoms with Crippen molar-refractivity contribution in [3.05, 3.63) is 47.0 Å². The van der Waals surface area contributed by atoms with Crippen LogP contribution >= 0.6 is 0 Å². The summed E-state index contributed by atoms with van der Waals surface area (Å²) in [7, 11) is 4.39. The maximum Gasteiger partial charge on any atom is 0.373 e. The molecule has 34 heavy (non-hydrogen) atoms. The fraction of sp³-hybridized carbons (Fsp3) is 0.375. The number of methoxy groups -OCH3 is 3. The number of hydrogen-bond acceptors (Lipinski definition) is 8. The van der Waals surface area contributed by atoms with Crippen molar-refractivity contribution in [1.82, 2.24) is 10.2 Å². The molecule has 3 heterocycles. The quantitative estimate of drug-likeness (QED) is 0.374. The van der Waals surface area contributed by atoms with Gasteiger partial charge in [0, 0.05) is 24.7 Å². The second-order valence-corrected chi connectivity index (χ2v) is 7.95. The minimum atomic E-state index is -0.641. The van der Waals surface area contributed by atoms with Crippen LogP contribution in [0.15, 0.2) is 34.4 Å². The highest BCUT2D eigenvalue weighted by molar-refractivity contribution is 6.14. The number of anilines is 1. The van der Waals surface area contributed by atoms with Crippen LogP contribution in [-0.4, -0.2) is 57.2 Å². The minimum absolute atomic E-state index is 0.00838. The van der Waals surface area contributed by atoms with E-state index in [1.807, 2.05) is 6.07 Å². The number of hydrogen-bond donors (Lipinski definition) is 1. The molecule has 0 atom stereocenters. The monoisotopic (exact) mass is 469 g/mol. The number of nitrogens with one attached hydrogen (secondary N) is 1. The minimum Gasteiger partial charge on any atom is -0.496 e. The molecule has 3 amide bonds. The van der Waals surface area contributed by atoms with Gasteiger partial charge in [-0.25, -0.2) is 9.59 Å². The third kappa shape index (κ3) is 4.57. The van der Waals surface area contributed by atoms with E-state index in [0.717, 1.165) is 36.5 Å². The molecule has 10 heteroatoms. The molecule has 2 saturated heterocycles. The molecule has 1 aromatic carbocycles. The molecule has 0 aliphatic carbocycles. The molecule has 0 radical (unpaired) electrons. The van der Waals surface area contributed by atoms with Gasteiger partial charge in [0.2, 0.25) is 5.76 Å². The van der Waals surface area contributed by atoms with Gasteiger partial charge in [-0.05, 0) is 43.5 Å². The van der Waals surface area contributed by atoms with Crippen molar-refractivity contribution >= 4 is 29.7 Å². The van der Waals surface area contributed by atoms with Crippen molar-refractivity contribution in [2.45, 2.75) is 25.8 Å². The molecule has 0 bridgehead atoms. The Kier molecular flexibility index (Phi) is 6.76. The highest BCUT2D eigenvalue weighted by atomic mass is 16.5. The highest BCUT2D eigenvalue weighted by Gasteiger charge is 2.35. The van der Waals surface area contributed by atoms with Crippen LogP contribution in [0.1, 0.15) is 41.1 Å². The SMILES string of the molecule is COC(=O)c1ccc(CN2C(=O)N/C(=C\c3cc(OC)c(N4CCCCC4)cc3OC)C2=O)o1. The summed E-state index contributed by atoms with van der Waals surface area (Å²) in [5, 5.41) is 2.59. The summed E-state index contributed by atoms with van der Waals surface area (Å²) < 4.78 is 21.2. The summed E-state index contributed by atoms with van der Waals surface area (Å²) in [5.41, 5.74) is 1.62. The lowest BCUT2D eigenvalue weighted by molar-refractivity contribution is -0.123. The third-order valence-corrected chi connectivity index (χ3v) is 5.85. The molecule has 2 aromatic rings. The van der Waals surface area contributed by atoms with E-state index < -0.39 is 17.9 Å². The van der Waals surface area contributed by atoms with E-state index in [0.29, 0.717) is 17.1 Å². The first-order chi connectivity index (χ1) is 16.4. The number of imide groups is 1. The Balaban J connectivity index is 1.58. The fourth-order valence-electron chi connectivity index (χ4n) is 4.10. The Hall–Kier alpha value is -3.95. The molecule has 4 rings (SSSR count). The van der Waals surface area contributed by atoms with Crippen LogP contribution in [0.25, 0.3) is 6.08 Å². The Morgan fingerprint density at radius 2 is 1.79 bits per heavy atom. The van der Waals surface area contributed by atoms with Gasteiger partial charge in [0.05, 0.1) is 33.6 Å². The first-order valence-corrected chi connectivity index (χ1v) is 11.0. The summed E-state index contributed by atoms with van der Waals surface area (Å²) in [5.74, 6) is 0.318. The number of nitrogens with zero attached hydrogens (tertiary/aromatic N) is 2. The van der Waals surface area contributed by atoms with E-state index in [2.05, 4.69) is 15.0 Å². The Morgan fingerprint density at radius 1 is 1.06 bits per heavy atom. The summed E-state index contributed by atoms with van der Waals surface area (Å²) in [6, 6.07) is 6.04. The first kappa shape index (κ1) is 23.2. The van der Waals surface area contributed by atoms with Gasteiger partial charge in [-0.1, -0.05) is 0 Å². The smallest absolute Gasteiger partial charge is 0.373 e. The van der Waals surface area contributed by atoms with Gasteiger partial charge >= 0.3 is 12.0 Å². The molecular weight excluding hydrogens is 442 g/mol. The molecule has 2 aliphatic rings. The van der Waals surface area contributed by atoms with Gasteiger partial charge in [-0.2, -0.15) is 0 Å². The fourth-order valence-corrected chi connectivity index (χ4v) is 4.10. The number of carbonyl (C=O) groups excluding carboxylic acids is 3. The van der Waals surface area contributed by atoms with Gasteiger partial charge in [0.15, 0.2) is 0 Å². The van der Waals surface area contributed by atoms with E-state index in [9.17, 15) is 14.4 Å². The Bertz CT molecular complexity index is 1130. The van der Waals surface area contributed by atoms with E-state index >= 15 is 0 Å². The van der Waals surface area contributed by atoms with Crippen molar-refractivity contribution in [2.75, 3.05) is 39.3 Å². The van der Waals surface area contributed by atoms with E-state index in [1.54, 1.807) is 26.4 Å². The average Bonchev–Trinajstić information content (AvgIpc) is 3.44. The lowest BCUT2D eigenvalue weighted by Gasteiger charge is -2.30. The number of esters is 1. The van der Waals surface area contributed by atoms with E-state index in [-0.39, 0.29) is 23.8 Å². The molecule has 2 fully saturated rings. The number of ether oxygens (including phenoxy) is 3. The molecule has 0 saturated carbocycles. The topological polar surface area (TPSA) is 111 Å². The van der Waals surface area contributed by atoms with Crippen LogP contribution in [0, 0.1) is 0 Å². The van der Waals surface area contributed by atoms with Gasteiger partial charge in [0.1, 0.15) is 23.0 Å². The van der Waals surface area contributed by atoms with Gasteiger partial charge < -0.3 is 28.8 Å². The number of amides is 3. The number of rotatable bonds is 7. The zero-order valence-electron chi connectivity index (χ0n) is 19.4. The predicted octanol–water partition coefficient (Wildman–Crippen LogP) is 3.17. The number of furan rings is 1. The van der Waals surface area contributed by atoms with Crippen LogP contribution in [-0.2, 0) is 16.1 Å². The molecule has 0 spiro atoms. The number of piperidine rings is 1. The molecular formula is C24H27N3O7. The first-order valence-electron chi connectivity index (χ1n) is 11.0. The molecule has 1 aromatic heterocycles. The van der Waals surface area contributed by atoms with Crippen LogP contribution in [0.3, 0.4) is 0 Å².